The molecule has 1 aliphatic rings. The summed E-state index contributed by atoms with van der Waals surface area (Å²) in [7, 11) is 0. The van der Waals surface area contributed by atoms with Gasteiger partial charge in [0, 0.05) is 25.2 Å². The molecule has 5 heteroatoms. The number of anilines is 1. The monoisotopic (exact) mass is 274 g/mol. The van der Waals surface area contributed by atoms with Gasteiger partial charge in [-0.05, 0) is 32.3 Å². The summed E-state index contributed by atoms with van der Waals surface area (Å²) in [5.74, 6) is 0.665. The third kappa shape index (κ3) is 3.41. The molecule has 0 atom stereocenters. The van der Waals surface area contributed by atoms with Gasteiger partial charge in [0.2, 0.25) is 0 Å². The van der Waals surface area contributed by atoms with E-state index in [4.69, 9.17) is 14.4 Å². The molecule has 0 amide bonds. The second-order valence-electron chi connectivity index (χ2n) is 4.61. The highest BCUT2D eigenvalue weighted by Gasteiger charge is 2.15. The highest BCUT2D eigenvalue weighted by Crippen LogP contribution is 2.23. The lowest BCUT2D eigenvalue weighted by molar-refractivity contribution is -0.137. The van der Waals surface area contributed by atoms with Crippen LogP contribution < -0.4 is 4.90 Å². The molecule has 1 aromatic heterocycles. The molecule has 0 bridgehead atoms. The summed E-state index contributed by atoms with van der Waals surface area (Å²) >= 11 is 0. The van der Waals surface area contributed by atoms with E-state index in [0.717, 1.165) is 31.8 Å². The van der Waals surface area contributed by atoms with Crippen LogP contribution in [-0.2, 0) is 9.53 Å². The van der Waals surface area contributed by atoms with E-state index in [1.165, 1.54) is 12.5 Å². The predicted molar refractivity (Wildman–Crippen MR) is 75.0 cm³/mol. The van der Waals surface area contributed by atoms with E-state index in [1.807, 2.05) is 12.1 Å². The van der Waals surface area contributed by atoms with Crippen LogP contribution in [0.15, 0.2) is 22.1 Å². The number of hydrogen-bond donors (Lipinski definition) is 0. The molecule has 0 radical (unpaired) electrons. The Labute approximate surface area is 118 Å². The minimum absolute atomic E-state index is 0.0496. The van der Waals surface area contributed by atoms with Crippen molar-refractivity contribution in [2.24, 2.45) is 0 Å². The topological polar surface area (TPSA) is 66.5 Å². The average Bonchev–Trinajstić information content (AvgIpc) is 2.94. The quantitative estimate of drug-likeness (QED) is 0.480. The predicted octanol–water partition coefficient (Wildman–Crippen LogP) is 2.74. The zero-order valence-electron chi connectivity index (χ0n) is 11.6. The van der Waals surface area contributed by atoms with E-state index in [0.29, 0.717) is 5.76 Å². The van der Waals surface area contributed by atoms with Crippen molar-refractivity contribution < 1.29 is 13.9 Å². The summed E-state index contributed by atoms with van der Waals surface area (Å²) in [6.07, 6.45) is 5.01. The number of ether oxygens (including phenoxy) is 1. The highest BCUT2D eigenvalue weighted by atomic mass is 16.5. The van der Waals surface area contributed by atoms with Crippen molar-refractivity contribution in [2.75, 3.05) is 24.6 Å². The zero-order chi connectivity index (χ0) is 14.4. The van der Waals surface area contributed by atoms with Gasteiger partial charge in [-0.15, -0.1) is 0 Å². The van der Waals surface area contributed by atoms with Gasteiger partial charge in [0.25, 0.3) is 0 Å². The van der Waals surface area contributed by atoms with Gasteiger partial charge < -0.3 is 14.1 Å². The van der Waals surface area contributed by atoms with Gasteiger partial charge in [0.05, 0.1) is 6.61 Å². The molecule has 0 unspecified atom stereocenters. The number of carbonyl (C=O) groups is 1. The molecule has 0 aromatic carbocycles. The standard InChI is InChI=1S/C15H18N2O3/c1-2-19-15(18)12(11-16)10-13-6-7-14(20-13)17-8-4-3-5-9-17/h6-7,10H,2-5,8-9H2,1H3/b12-10+. The smallest absolute Gasteiger partial charge is 0.349 e. The first kappa shape index (κ1) is 14.2. The van der Waals surface area contributed by atoms with Crippen LogP contribution in [0.4, 0.5) is 5.88 Å². The molecule has 5 nitrogen and oxygen atoms in total. The summed E-state index contributed by atoms with van der Waals surface area (Å²) in [6.45, 7) is 3.92. The molecule has 1 saturated heterocycles. The fourth-order valence-electron chi connectivity index (χ4n) is 2.19. The Morgan fingerprint density at radius 3 is 2.85 bits per heavy atom. The molecule has 1 fully saturated rings. The summed E-state index contributed by atoms with van der Waals surface area (Å²) < 4.78 is 10.5. The van der Waals surface area contributed by atoms with Crippen molar-refractivity contribution >= 4 is 17.9 Å². The number of hydrogen-bond acceptors (Lipinski definition) is 5. The second-order valence-corrected chi connectivity index (χ2v) is 4.61. The number of furan rings is 1. The van der Waals surface area contributed by atoms with Crippen LogP contribution in [0.2, 0.25) is 0 Å². The summed E-state index contributed by atoms with van der Waals surface area (Å²) in [6, 6.07) is 5.47. The van der Waals surface area contributed by atoms with Crippen molar-refractivity contribution in [1.82, 2.24) is 0 Å². The van der Waals surface area contributed by atoms with Gasteiger partial charge in [0.15, 0.2) is 5.88 Å². The van der Waals surface area contributed by atoms with Crippen LogP contribution in [0.3, 0.4) is 0 Å². The van der Waals surface area contributed by atoms with E-state index in [2.05, 4.69) is 4.90 Å². The normalized spacial score (nSPS) is 15.8. The number of piperidine rings is 1. The van der Waals surface area contributed by atoms with Crippen molar-refractivity contribution in [2.45, 2.75) is 26.2 Å². The second kappa shape index (κ2) is 6.80. The summed E-state index contributed by atoms with van der Waals surface area (Å²) in [5, 5.41) is 8.97. The van der Waals surface area contributed by atoms with E-state index < -0.39 is 5.97 Å². The summed E-state index contributed by atoms with van der Waals surface area (Å²) in [5.41, 5.74) is -0.0496. The Balaban J connectivity index is 2.11. The van der Waals surface area contributed by atoms with Crippen LogP contribution >= 0.6 is 0 Å². The van der Waals surface area contributed by atoms with Crippen LogP contribution in [-0.4, -0.2) is 25.7 Å². The molecule has 0 spiro atoms. The Morgan fingerprint density at radius 1 is 1.45 bits per heavy atom. The van der Waals surface area contributed by atoms with Crippen LogP contribution in [0, 0.1) is 11.3 Å². The van der Waals surface area contributed by atoms with Crippen LogP contribution in [0.5, 0.6) is 0 Å². The van der Waals surface area contributed by atoms with Crippen molar-refractivity contribution in [3.05, 3.63) is 23.5 Å². The lowest BCUT2D eigenvalue weighted by Crippen LogP contribution is -2.28. The Hall–Kier alpha value is -2.22. The van der Waals surface area contributed by atoms with Crippen molar-refractivity contribution in [3.63, 3.8) is 0 Å². The maximum absolute atomic E-state index is 11.5. The molecule has 1 aromatic rings. The number of carbonyl (C=O) groups excluding carboxylic acids is 1. The minimum atomic E-state index is -0.620. The van der Waals surface area contributed by atoms with Crippen molar-refractivity contribution in [3.8, 4) is 6.07 Å². The molecule has 0 aliphatic carbocycles. The fraction of sp³-hybridized carbons (Fsp3) is 0.467. The molecule has 2 heterocycles. The fourth-order valence-corrected chi connectivity index (χ4v) is 2.19. The number of esters is 1. The largest absolute Gasteiger partial charge is 0.462 e. The number of nitriles is 1. The van der Waals surface area contributed by atoms with Gasteiger partial charge in [-0.3, -0.25) is 0 Å². The molecule has 1 aliphatic heterocycles. The van der Waals surface area contributed by atoms with E-state index in [9.17, 15) is 4.79 Å². The molecular weight excluding hydrogens is 256 g/mol. The van der Waals surface area contributed by atoms with Gasteiger partial charge in [0.1, 0.15) is 17.4 Å². The summed E-state index contributed by atoms with van der Waals surface area (Å²) in [4.78, 5) is 13.7. The van der Waals surface area contributed by atoms with Gasteiger partial charge in [-0.1, -0.05) is 0 Å². The van der Waals surface area contributed by atoms with Crippen molar-refractivity contribution in [1.29, 1.82) is 5.26 Å². The molecule has 0 saturated carbocycles. The number of rotatable bonds is 4. The molecule has 2 rings (SSSR count). The minimum Gasteiger partial charge on any atom is -0.462 e. The first-order valence-corrected chi connectivity index (χ1v) is 6.88. The average molecular weight is 274 g/mol. The Bertz CT molecular complexity index is 534. The molecule has 20 heavy (non-hydrogen) atoms. The maximum Gasteiger partial charge on any atom is 0.349 e. The SMILES string of the molecule is CCOC(=O)/C(C#N)=C/c1ccc(N2CCCCC2)o1. The Morgan fingerprint density at radius 2 is 2.20 bits per heavy atom. The molecule has 0 N–H and O–H groups in total. The number of nitrogens with zero attached hydrogens (tertiary/aromatic N) is 2. The lowest BCUT2D eigenvalue weighted by Gasteiger charge is -2.25. The van der Waals surface area contributed by atoms with E-state index >= 15 is 0 Å². The molecule has 106 valence electrons. The maximum atomic E-state index is 11.5. The van der Waals surface area contributed by atoms with Crippen LogP contribution in [0.1, 0.15) is 31.9 Å². The third-order valence-electron chi connectivity index (χ3n) is 3.18. The third-order valence-corrected chi connectivity index (χ3v) is 3.18. The van der Waals surface area contributed by atoms with Gasteiger partial charge in [-0.25, -0.2) is 4.79 Å². The highest BCUT2D eigenvalue weighted by molar-refractivity contribution is 5.97. The zero-order valence-corrected chi connectivity index (χ0v) is 11.6. The lowest BCUT2D eigenvalue weighted by atomic mass is 10.1. The van der Waals surface area contributed by atoms with E-state index in [1.54, 1.807) is 13.0 Å². The van der Waals surface area contributed by atoms with Gasteiger partial charge >= 0.3 is 5.97 Å². The first-order valence-electron chi connectivity index (χ1n) is 6.88. The Kier molecular flexibility index (Phi) is 4.83. The van der Waals surface area contributed by atoms with E-state index in [-0.39, 0.29) is 12.2 Å². The van der Waals surface area contributed by atoms with Gasteiger partial charge in [-0.2, -0.15) is 5.26 Å². The van der Waals surface area contributed by atoms with Crippen LogP contribution in [0.25, 0.3) is 6.08 Å². The first-order chi connectivity index (χ1) is 9.74. The molecular formula is C15H18N2O3.